The summed E-state index contributed by atoms with van der Waals surface area (Å²) >= 11 is 0. The first kappa shape index (κ1) is 15.4. The summed E-state index contributed by atoms with van der Waals surface area (Å²) in [6, 6.07) is 3.79. The minimum Gasteiger partial charge on any atom is -0.369 e. The number of piperidine rings is 1. The van der Waals surface area contributed by atoms with Crippen molar-refractivity contribution in [3.63, 3.8) is 0 Å². The van der Waals surface area contributed by atoms with Crippen LogP contribution in [0, 0.1) is 5.92 Å². The van der Waals surface area contributed by atoms with Gasteiger partial charge in [0, 0.05) is 42.4 Å². The maximum absolute atomic E-state index is 12.2. The highest BCUT2D eigenvalue weighted by Gasteiger charge is 2.29. The number of H-pyrrole nitrogens is 1. The SMILES string of the molecule is NC(=O)C1CCN(C2=N/C(=C/c3c[nH]c4ncccc34)C(=O)N2)CC1. The van der Waals surface area contributed by atoms with Gasteiger partial charge in [-0.2, -0.15) is 0 Å². The van der Waals surface area contributed by atoms with E-state index in [1.54, 1.807) is 12.3 Å². The quantitative estimate of drug-likeness (QED) is 0.695. The summed E-state index contributed by atoms with van der Waals surface area (Å²) in [6.45, 7) is 1.30. The maximum Gasteiger partial charge on any atom is 0.276 e. The molecule has 2 aliphatic heterocycles. The Labute approximate surface area is 143 Å². The third kappa shape index (κ3) is 2.86. The highest BCUT2D eigenvalue weighted by Crippen LogP contribution is 2.22. The Kier molecular flexibility index (Phi) is 3.72. The van der Waals surface area contributed by atoms with E-state index in [0.29, 0.717) is 37.6 Å². The predicted molar refractivity (Wildman–Crippen MR) is 93.1 cm³/mol. The Morgan fingerprint density at radius 1 is 1.36 bits per heavy atom. The number of rotatable bonds is 2. The number of hydrogen-bond acceptors (Lipinski definition) is 5. The molecule has 0 radical (unpaired) electrons. The van der Waals surface area contributed by atoms with Gasteiger partial charge in [0.25, 0.3) is 5.91 Å². The number of carbonyl (C=O) groups is 2. The molecule has 0 aromatic carbocycles. The number of aromatic amines is 1. The van der Waals surface area contributed by atoms with E-state index in [9.17, 15) is 9.59 Å². The number of pyridine rings is 1. The molecule has 4 heterocycles. The summed E-state index contributed by atoms with van der Waals surface area (Å²) < 4.78 is 0. The fourth-order valence-electron chi connectivity index (χ4n) is 3.23. The van der Waals surface area contributed by atoms with Gasteiger partial charge in [0.1, 0.15) is 11.3 Å². The molecule has 1 fully saturated rings. The van der Waals surface area contributed by atoms with Gasteiger partial charge in [0.15, 0.2) is 0 Å². The predicted octanol–water partition coefficient (Wildman–Crippen LogP) is 0.587. The van der Waals surface area contributed by atoms with Crippen LogP contribution >= 0.6 is 0 Å². The molecule has 2 aromatic heterocycles. The number of amides is 2. The highest BCUT2D eigenvalue weighted by molar-refractivity contribution is 6.14. The molecule has 0 unspecified atom stereocenters. The lowest BCUT2D eigenvalue weighted by atomic mass is 9.96. The first-order valence-electron chi connectivity index (χ1n) is 8.20. The van der Waals surface area contributed by atoms with Crippen LogP contribution in [0.4, 0.5) is 0 Å². The van der Waals surface area contributed by atoms with Crippen LogP contribution in [-0.4, -0.2) is 45.7 Å². The van der Waals surface area contributed by atoms with Crippen molar-refractivity contribution in [2.75, 3.05) is 13.1 Å². The van der Waals surface area contributed by atoms with Crippen molar-refractivity contribution in [1.82, 2.24) is 20.2 Å². The third-order valence-corrected chi connectivity index (χ3v) is 4.66. The molecule has 2 amide bonds. The lowest BCUT2D eigenvalue weighted by Crippen LogP contribution is -2.46. The smallest absolute Gasteiger partial charge is 0.276 e. The molecule has 4 N–H and O–H groups in total. The summed E-state index contributed by atoms with van der Waals surface area (Å²) in [7, 11) is 0. The molecule has 0 spiro atoms. The van der Waals surface area contributed by atoms with Crippen LogP contribution in [0.15, 0.2) is 35.2 Å². The molecule has 2 aliphatic rings. The number of aromatic nitrogens is 2. The molecule has 1 saturated heterocycles. The fourth-order valence-corrected chi connectivity index (χ4v) is 3.23. The first-order valence-corrected chi connectivity index (χ1v) is 8.20. The van der Waals surface area contributed by atoms with Crippen molar-refractivity contribution in [3.05, 3.63) is 35.8 Å². The number of guanidine groups is 1. The number of primary amides is 1. The van der Waals surface area contributed by atoms with E-state index < -0.39 is 0 Å². The van der Waals surface area contributed by atoms with Crippen molar-refractivity contribution in [3.8, 4) is 0 Å². The van der Waals surface area contributed by atoms with Gasteiger partial charge in [-0.15, -0.1) is 0 Å². The molecule has 0 bridgehead atoms. The zero-order valence-corrected chi connectivity index (χ0v) is 13.5. The molecule has 0 saturated carbocycles. The summed E-state index contributed by atoms with van der Waals surface area (Å²) in [5.41, 5.74) is 7.35. The number of hydrogen-bond donors (Lipinski definition) is 3. The summed E-state index contributed by atoms with van der Waals surface area (Å²) in [4.78, 5) is 37.2. The molecule has 25 heavy (non-hydrogen) atoms. The Hall–Kier alpha value is -3.16. The zero-order chi connectivity index (χ0) is 17.4. The van der Waals surface area contributed by atoms with Crippen molar-refractivity contribution in [2.24, 2.45) is 16.6 Å². The molecule has 8 nitrogen and oxygen atoms in total. The van der Waals surface area contributed by atoms with Gasteiger partial charge in [-0.25, -0.2) is 9.98 Å². The van der Waals surface area contributed by atoms with E-state index in [1.807, 2.05) is 23.2 Å². The van der Waals surface area contributed by atoms with Crippen LogP contribution in [0.3, 0.4) is 0 Å². The third-order valence-electron chi connectivity index (χ3n) is 4.66. The van der Waals surface area contributed by atoms with Gasteiger partial charge in [-0.05, 0) is 31.1 Å². The van der Waals surface area contributed by atoms with E-state index in [0.717, 1.165) is 16.6 Å². The first-order chi connectivity index (χ1) is 12.1. The largest absolute Gasteiger partial charge is 0.369 e. The average molecular weight is 338 g/mol. The van der Waals surface area contributed by atoms with Crippen LogP contribution in [0.1, 0.15) is 18.4 Å². The van der Waals surface area contributed by atoms with Crippen molar-refractivity contribution in [2.45, 2.75) is 12.8 Å². The summed E-state index contributed by atoms with van der Waals surface area (Å²) in [5.74, 6) is -0.0457. The van der Waals surface area contributed by atoms with Crippen LogP contribution in [-0.2, 0) is 9.59 Å². The molecular formula is C17H18N6O2. The normalized spacial score (nSPS) is 20.2. The van der Waals surface area contributed by atoms with Crippen LogP contribution in [0.2, 0.25) is 0 Å². The molecular weight excluding hydrogens is 320 g/mol. The highest BCUT2D eigenvalue weighted by atomic mass is 16.2. The topological polar surface area (TPSA) is 116 Å². The number of likely N-dealkylation sites (tertiary alicyclic amines) is 1. The Bertz CT molecular complexity index is 905. The maximum atomic E-state index is 12.2. The number of carbonyl (C=O) groups excluding carboxylic acids is 2. The number of nitrogens with two attached hydrogens (primary N) is 1. The van der Waals surface area contributed by atoms with Gasteiger partial charge in [0.2, 0.25) is 11.9 Å². The molecule has 0 atom stereocenters. The second-order valence-corrected chi connectivity index (χ2v) is 6.23. The van der Waals surface area contributed by atoms with Crippen molar-refractivity contribution < 1.29 is 9.59 Å². The standard InChI is InChI=1S/C17H18N6O2/c18-14(24)10-3-6-23(7-4-10)17-21-13(16(25)22-17)8-11-9-20-15-12(11)2-1-5-19-15/h1-2,5,8-10H,3-4,6-7H2,(H2,18,24)(H,19,20)(H,21,22,25)/b13-8+. The minimum atomic E-state index is -0.259. The number of fused-ring (bicyclic) bond motifs is 1. The van der Waals surface area contributed by atoms with Gasteiger partial charge in [-0.1, -0.05) is 0 Å². The second kappa shape index (κ2) is 6.04. The Morgan fingerprint density at radius 3 is 2.92 bits per heavy atom. The average Bonchev–Trinajstić information content (AvgIpc) is 3.20. The molecule has 128 valence electrons. The van der Waals surface area contributed by atoms with E-state index in [4.69, 9.17) is 5.73 Å². The van der Waals surface area contributed by atoms with Crippen LogP contribution < -0.4 is 11.1 Å². The molecule has 8 heteroatoms. The number of nitrogens with zero attached hydrogens (tertiary/aromatic N) is 3. The van der Waals surface area contributed by atoms with E-state index in [-0.39, 0.29) is 17.7 Å². The molecule has 4 rings (SSSR count). The van der Waals surface area contributed by atoms with E-state index >= 15 is 0 Å². The van der Waals surface area contributed by atoms with Gasteiger partial charge < -0.3 is 15.6 Å². The van der Waals surface area contributed by atoms with E-state index in [2.05, 4.69) is 20.3 Å². The van der Waals surface area contributed by atoms with Gasteiger partial charge in [0.05, 0.1) is 0 Å². The Morgan fingerprint density at radius 2 is 2.16 bits per heavy atom. The van der Waals surface area contributed by atoms with E-state index in [1.165, 1.54) is 0 Å². The minimum absolute atomic E-state index is 0.0947. The van der Waals surface area contributed by atoms with Crippen molar-refractivity contribution >= 4 is 34.9 Å². The molecule has 2 aromatic rings. The number of aliphatic imine (C=N–C) groups is 1. The Balaban J connectivity index is 1.55. The zero-order valence-electron chi connectivity index (χ0n) is 13.5. The van der Waals surface area contributed by atoms with Gasteiger partial charge >= 0.3 is 0 Å². The van der Waals surface area contributed by atoms with Crippen molar-refractivity contribution in [1.29, 1.82) is 0 Å². The lowest BCUT2D eigenvalue weighted by Gasteiger charge is -2.31. The fraction of sp³-hybridized carbons (Fsp3) is 0.294. The number of nitrogens with one attached hydrogen (secondary N) is 2. The summed E-state index contributed by atoms with van der Waals surface area (Å²) in [5, 5.41) is 3.74. The summed E-state index contributed by atoms with van der Waals surface area (Å²) in [6.07, 6.45) is 6.63. The molecule has 0 aliphatic carbocycles. The monoisotopic (exact) mass is 338 g/mol. The second-order valence-electron chi connectivity index (χ2n) is 6.23. The lowest BCUT2D eigenvalue weighted by molar-refractivity contribution is -0.123. The van der Waals surface area contributed by atoms with Crippen LogP contribution in [0.5, 0.6) is 0 Å². The van der Waals surface area contributed by atoms with Gasteiger partial charge in [-0.3, -0.25) is 14.9 Å². The van der Waals surface area contributed by atoms with Crippen LogP contribution in [0.25, 0.3) is 17.1 Å².